The maximum atomic E-state index is 11.1. The van der Waals surface area contributed by atoms with E-state index < -0.39 is 0 Å². The van der Waals surface area contributed by atoms with Gasteiger partial charge in [-0.1, -0.05) is 6.08 Å². The zero-order valence-electron chi connectivity index (χ0n) is 7.10. The first kappa shape index (κ1) is 6.64. The van der Waals surface area contributed by atoms with E-state index in [1.54, 1.807) is 0 Å². The van der Waals surface area contributed by atoms with Crippen LogP contribution < -0.4 is 0 Å². The Morgan fingerprint density at radius 2 is 2.00 bits per heavy atom. The van der Waals surface area contributed by atoms with E-state index in [4.69, 9.17) is 0 Å². The van der Waals surface area contributed by atoms with Crippen LogP contribution in [0.25, 0.3) is 0 Å². The molecule has 12 heavy (non-hydrogen) atoms. The molecule has 3 aliphatic rings. The molecular weight excluding hydrogens is 148 g/mol. The Labute approximate surface area is 72.2 Å². The van der Waals surface area contributed by atoms with Gasteiger partial charge in [-0.3, -0.25) is 4.79 Å². The Hall–Kier alpha value is -0.850. The second kappa shape index (κ2) is 1.90. The highest BCUT2D eigenvalue weighted by Crippen LogP contribution is 2.56. The van der Waals surface area contributed by atoms with Crippen molar-refractivity contribution in [1.29, 1.82) is 0 Å². The minimum atomic E-state index is 0.314. The molecule has 0 saturated heterocycles. The highest BCUT2D eigenvalue weighted by molar-refractivity contribution is 5.97. The number of rotatable bonds is 0. The molecule has 0 bridgehead atoms. The molecule has 0 unspecified atom stereocenters. The van der Waals surface area contributed by atoms with Crippen LogP contribution in [-0.4, -0.2) is 5.78 Å². The van der Waals surface area contributed by atoms with Crippen LogP contribution in [0.5, 0.6) is 0 Å². The first-order valence-electron chi connectivity index (χ1n) is 4.73. The first-order chi connectivity index (χ1) is 5.77. The lowest BCUT2D eigenvalue weighted by Crippen LogP contribution is -2.05. The van der Waals surface area contributed by atoms with Crippen molar-refractivity contribution < 1.29 is 4.79 Å². The largest absolute Gasteiger partial charge is 0.294 e. The fraction of sp³-hybridized carbons (Fsp3) is 0.545. The molecule has 1 heteroatoms. The molecule has 62 valence electrons. The number of fused-ring (bicyclic) bond motifs is 1. The molecule has 0 aromatic carbocycles. The lowest BCUT2D eigenvalue weighted by Gasteiger charge is -2.19. The summed E-state index contributed by atoms with van der Waals surface area (Å²) in [4.78, 5) is 11.1. The minimum absolute atomic E-state index is 0.314. The van der Waals surface area contributed by atoms with E-state index in [-0.39, 0.29) is 0 Å². The van der Waals surface area contributed by atoms with Crippen molar-refractivity contribution in [2.45, 2.75) is 32.1 Å². The quantitative estimate of drug-likeness (QED) is 0.531. The third-order valence-electron chi connectivity index (χ3n) is 3.38. The summed E-state index contributed by atoms with van der Waals surface area (Å²) in [5.74, 6) is 0.314. The summed E-state index contributed by atoms with van der Waals surface area (Å²) in [7, 11) is 0. The second-order valence-corrected chi connectivity index (χ2v) is 4.34. The Kier molecular flexibility index (Phi) is 1.05. The van der Waals surface area contributed by atoms with E-state index in [9.17, 15) is 4.79 Å². The van der Waals surface area contributed by atoms with Crippen LogP contribution in [0.3, 0.4) is 0 Å². The molecular formula is C11H12O. The zero-order valence-corrected chi connectivity index (χ0v) is 7.10. The maximum Gasteiger partial charge on any atom is 0.160 e. The average molecular weight is 160 g/mol. The van der Waals surface area contributed by atoms with Crippen molar-refractivity contribution in [3.63, 3.8) is 0 Å². The fourth-order valence-corrected chi connectivity index (χ4v) is 2.40. The van der Waals surface area contributed by atoms with Crippen molar-refractivity contribution in [2.24, 2.45) is 5.41 Å². The summed E-state index contributed by atoms with van der Waals surface area (Å²) in [5.41, 5.74) is 3.23. The van der Waals surface area contributed by atoms with Gasteiger partial charge in [0.1, 0.15) is 0 Å². The van der Waals surface area contributed by atoms with Crippen molar-refractivity contribution in [1.82, 2.24) is 0 Å². The van der Waals surface area contributed by atoms with Crippen LogP contribution in [0.2, 0.25) is 0 Å². The molecule has 0 atom stereocenters. The molecule has 1 spiro atoms. The Balaban J connectivity index is 2.02. The summed E-state index contributed by atoms with van der Waals surface area (Å²) < 4.78 is 0. The Morgan fingerprint density at radius 3 is 2.75 bits per heavy atom. The van der Waals surface area contributed by atoms with Crippen LogP contribution in [0.1, 0.15) is 32.1 Å². The molecule has 0 aromatic rings. The molecule has 1 fully saturated rings. The molecule has 3 rings (SSSR count). The number of hydrogen-bond acceptors (Lipinski definition) is 1. The zero-order chi connectivity index (χ0) is 8.18. The SMILES string of the molecule is O=C1C=C2CCC3(C=C2C1)CC3. The standard InChI is InChI=1S/C11H12O/c12-10-5-8-1-2-11(3-4-11)7-9(8)6-10/h5,7H,1-4,6H2. The summed E-state index contributed by atoms with van der Waals surface area (Å²) >= 11 is 0. The van der Waals surface area contributed by atoms with E-state index in [0.29, 0.717) is 17.6 Å². The molecule has 0 heterocycles. The monoisotopic (exact) mass is 160 g/mol. The highest BCUT2D eigenvalue weighted by Gasteiger charge is 2.43. The van der Waals surface area contributed by atoms with Gasteiger partial charge in [0.15, 0.2) is 5.78 Å². The second-order valence-electron chi connectivity index (χ2n) is 4.34. The normalized spacial score (nSPS) is 29.8. The van der Waals surface area contributed by atoms with E-state index in [1.165, 1.54) is 30.4 Å². The summed E-state index contributed by atoms with van der Waals surface area (Å²) in [6.45, 7) is 0. The molecule has 0 aromatic heterocycles. The van der Waals surface area contributed by atoms with E-state index >= 15 is 0 Å². The smallest absolute Gasteiger partial charge is 0.160 e. The molecule has 3 aliphatic carbocycles. The van der Waals surface area contributed by atoms with Gasteiger partial charge >= 0.3 is 0 Å². The third-order valence-corrected chi connectivity index (χ3v) is 3.38. The Bertz CT molecular complexity index is 316. The number of hydrogen-bond donors (Lipinski definition) is 0. The van der Waals surface area contributed by atoms with Gasteiger partial charge in [-0.2, -0.15) is 0 Å². The predicted molar refractivity (Wildman–Crippen MR) is 46.7 cm³/mol. The number of carbonyl (C=O) groups is 1. The number of allylic oxidation sites excluding steroid dienone is 4. The van der Waals surface area contributed by atoms with Gasteiger partial charge in [0.05, 0.1) is 0 Å². The van der Waals surface area contributed by atoms with Crippen LogP contribution in [0.15, 0.2) is 23.3 Å². The topological polar surface area (TPSA) is 17.1 Å². The Morgan fingerprint density at radius 1 is 1.17 bits per heavy atom. The van der Waals surface area contributed by atoms with Crippen LogP contribution in [0.4, 0.5) is 0 Å². The molecule has 0 aliphatic heterocycles. The van der Waals surface area contributed by atoms with Crippen LogP contribution >= 0.6 is 0 Å². The fourth-order valence-electron chi connectivity index (χ4n) is 2.40. The van der Waals surface area contributed by atoms with Gasteiger partial charge < -0.3 is 0 Å². The molecule has 0 amide bonds. The van der Waals surface area contributed by atoms with Gasteiger partial charge in [0.25, 0.3) is 0 Å². The lowest BCUT2D eigenvalue weighted by molar-refractivity contribution is -0.113. The van der Waals surface area contributed by atoms with Gasteiger partial charge in [-0.15, -0.1) is 0 Å². The van der Waals surface area contributed by atoms with E-state index in [0.717, 1.165) is 6.42 Å². The number of carbonyl (C=O) groups excluding carboxylic acids is 1. The van der Waals surface area contributed by atoms with Crippen molar-refractivity contribution in [2.75, 3.05) is 0 Å². The van der Waals surface area contributed by atoms with Gasteiger partial charge in [0.2, 0.25) is 0 Å². The van der Waals surface area contributed by atoms with E-state index in [2.05, 4.69) is 6.08 Å². The lowest BCUT2D eigenvalue weighted by atomic mass is 9.86. The molecule has 0 radical (unpaired) electrons. The number of ketones is 1. The predicted octanol–water partition coefficient (Wildman–Crippen LogP) is 2.39. The highest BCUT2D eigenvalue weighted by atomic mass is 16.1. The van der Waals surface area contributed by atoms with Gasteiger partial charge in [-0.25, -0.2) is 0 Å². The van der Waals surface area contributed by atoms with Crippen molar-refractivity contribution in [3.8, 4) is 0 Å². The first-order valence-corrected chi connectivity index (χ1v) is 4.73. The average Bonchev–Trinajstić information content (AvgIpc) is 2.65. The van der Waals surface area contributed by atoms with Crippen molar-refractivity contribution >= 4 is 5.78 Å². The summed E-state index contributed by atoms with van der Waals surface area (Å²) in [6.07, 6.45) is 10.1. The molecule has 1 saturated carbocycles. The van der Waals surface area contributed by atoms with Gasteiger partial charge in [-0.05, 0) is 48.3 Å². The van der Waals surface area contributed by atoms with Gasteiger partial charge in [0, 0.05) is 6.42 Å². The maximum absolute atomic E-state index is 11.1. The molecule has 0 N–H and O–H groups in total. The summed E-state index contributed by atoms with van der Waals surface area (Å²) in [6, 6.07) is 0. The summed E-state index contributed by atoms with van der Waals surface area (Å²) in [5, 5.41) is 0. The third kappa shape index (κ3) is 0.825. The van der Waals surface area contributed by atoms with Crippen LogP contribution in [-0.2, 0) is 4.79 Å². The van der Waals surface area contributed by atoms with Crippen LogP contribution in [0, 0.1) is 5.41 Å². The van der Waals surface area contributed by atoms with E-state index in [1.807, 2.05) is 6.08 Å². The minimum Gasteiger partial charge on any atom is -0.294 e. The van der Waals surface area contributed by atoms with Crippen molar-refractivity contribution in [3.05, 3.63) is 23.3 Å². The molecule has 1 nitrogen and oxygen atoms in total.